The number of aromatic nitrogens is 6. The molecule has 0 saturated carbocycles. The second-order valence-electron chi connectivity index (χ2n) is 4.79. The van der Waals surface area contributed by atoms with Gasteiger partial charge in [-0.2, -0.15) is 9.97 Å². The molecule has 6 nitrogen and oxygen atoms in total. The van der Waals surface area contributed by atoms with Crippen LogP contribution in [0.2, 0.25) is 5.28 Å². The van der Waals surface area contributed by atoms with E-state index in [0.717, 1.165) is 11.1 Å². The minimum Gasteiger partial charge on any atom is -0.208 e. The molecule has 122 valence electrons. The fourth-order valence-corrected chi connectivity index (χ4v) is 2.15. The summed E-state index contributed by atoms with van der Waals surface area (Å²) in [6.45, 7) is 0. The highest BCUT2D eigenvalue weighted by Crippen LogP contribution is 2.21. The van der Waals surface area contributed by atoms with Gasteiger partial charge in [-0.15, -0.1) is 10.2 Å². The minimum absolute atomic E-state index is 0.202. The average Bonchev–Trinajstić information content (AvgIpc) is 2.71. The van der Waals surface area contributed by atoms with Crippen LogP contribution in [0.25, 0.3) is 22.8 Å². The van der Waals surface area contributed by atoms with Gasteiger partial charge in [-0.05, 0) is 22.9 Å². The molecule has 0 aliphatic carbocycles. The summed E-state index contributed by atoms with van der Waals surface area (Å²) in [4.78, 5) is 12.8. The molecule has 2 aromatic carbocycles. The highest BCUT2D eigenvalue weighted by molar-refractivity contribution is 6.28. The van der Waals surface area contributed by atoms with Crippen LogP contribution in [-0.4, -0.2) is 30.4 Å². The maximum absolute atomic E-state index is 5.99. The lowest BCUT2D eigenvalue weighted by molar-refractivity contribution is 0.865. The van der Waals surface area contributed by atoms with Gasteiger partial charge in [-0.3, -0.25) is 0 Å². The quantitative estimate of drug-likeness (QED) is 0.549. The summed E-state index contributed by atoms with van der Waals surface area (Å²) in [6, 6.07) is 21.2. The van der Waals surface area contributed by atoms with E-state index in [9.17, 15) is 0 Å². The molecule has 0 amide bonds. The fraction of sp³-hybridized carbons (Fsp3) is 0. The van der Waals surface area contributed by atoms with Crippen LogP contribution < -0.4 is 0 Å². The van der Waals surface area contributed by atoms with E-state index in [4.69, 9.17) is 11.6 Å². The van der Waals surface area contributed by atoms with Gasteiger partial charge in [0.05, 0.1) is 12.4 Å². The van der Waals surface area contributed by atoms with Crippen molar-refractivity contribution in [2.75, 3.05) is 0 Å². The van der Waals surface area contributed by atoms with Gasteiger partial charge in [0.25, 0.3) is 0 Å². The number of rotatable bonds is 2. The van der Waals surface area contributed by atoms with Gasteiger partial charge in [0.2, 0.25) is 5.28 Å². The smallest absolute Gasteiger partial charge is 0.208 e. The molecule has 25 heavy (non-hydrogen) atoms. The average molecular weight is 349 g/mol. The van der Waals surface area contributed by atoms with E-state index in [1.165, 1.54) is 0 Å². The van der Waals surface area contributed by atoms with E-state index in [0.29, 0.717) is 11.6 Å². The largest absolute Gasteiger partial charge is 0.226 e. The first kappa shape index (κ1) is 16.6. The lowest BCUT2D eigenvalue weighted by Crippen LogP contribution is -1.96. The van der Waals surface area contributed by atoms with E-state index in [1.54, 1.807) is 18.5 Å². The maximum Gasteiger partial charge on any atom is 0.226 e. The zero-order chi connectivity index (χ0) is 17.3. The molecular weight excluding hydrogens is 336 g/mol. The third-order valence-electron chi connectivity index (χ3n) is 3.08. The molecular formula is C18H13ClN6. The minimum atomic E-state index is 0.202. The van der Waals surface area contributed by atoms with Crippen molar-refractivity contribution >= 4 is 11.6 Å². The highest BCUT2D eigenvalue weighted by atomic mass is 35.5. The summed E-state index contributed by atoms with van der Waals surface area (Å²) in [5, 5.41) is 10.3. The number of halogens is 1. The zero-order valence-electron chi connectivity index (χ0n) is 13.1. The Hall–Kier alpha value is -3.25. The molecule has 0 radical (unpaired) electrons. The van der Waals surface area contributed by atoms with Crippen LogP contribution in [0.1, 0.15) is 0 Å². The standard InChI is InChI=1S/C15H10ClN3.C3H3N3/c16-15-18-13(11-7-3-1-4-8-11)17-14(19-15)12-9-5-2-6-10-12;1-2-4-6-5-3-1/h1-10H;1-3H. The van der Waals surface area contributed by atoms with Crippen LogP contribution in [0, 0.1) is 0 Å². The van der Waals surface area contributed by atoms with Gasteiger partial charge in [0.15, 0.2) is 11.6 Å². The van der Waals surface area contributed by atoms with Crippen molar-refractivity contribution in [3.63, 3.8) is 0 Å². The summed E-state index contributed by atoms with van der Waals surface area (Å²) in [5.74, 6) is 1.17. The van der Waals surface area contributed by atoms with Gasteiger partial charge >= 0.3 is 0 Å². The van der Waals surface area contributed by atoms with Crippen LogP contribution in [0.3, 0.4) is 0 Å². The van der Waals surface area contributed by atoms with Crippen LogP contribution in [-0.2, 0) is 0 Å². The molecule has 0 saturated heterocycles. The first-order chi connectivity index (χ1) is 12.3. The maximum atomic E-state index is 5.99. The summed E-state index contributed by atoms with van der Waals surface area (Å²) in [7, 11) is 0. The van der Waals surface area contributed by atoms with Gasteiger partial charge in [-0.25, -0.2) is 4.98 Å². The Bertz CT molecular complexity index is 820. The topological polar surface area (TPSA) is 77.3 Å². The SMILES string of the molecule is Clc1nc(-c2ccccc2)nc(-c2ccccc2)n1.c1cnnnc1. The molecule has 0 aliphatic rings. The van der Waals surface area contributed by atoms with Crippen LogP contribution in [0.15, 0.2) is 79.1 Å². The van der Waals surface area contributed by atoms with Crippen molar-refractivity contribution < 1.29 is 0 Å². The Kier molecular flexibility index (Phi) is 5.68. The predicted octanol–water partition coefficient (Wildman–Crippen LogP) is 3.73. The monoisotopic (exact) mass is 348 g/mol. The Morgan fingerprint density at radius 3 is 1.40 bits per heavy atom. The van der Waals surface area contributed by atoms with Crippen molar-refractivity contribution in [1.82, 2.24) is 30.4 Å². The molecule has 0 fully saturated rings. The van der Waals surface area contributed by atoms with Crippen molar-refractivity contribution in [1.29, 1.82) is 0 Å². The molecule has 0 N–H and O–H groups in total. The lowest BCUT2D eigenvalue weighted by Gasteiger charge is -2.04. The second-order valence-corrected chi connectivity index (χ2v) is 5.13. The Labute approximate surface area is 149 Å². The molecule has 0 unspecified atom stereocenters. The summed E-state index contributed by atoms with van der Waals surface area (Å²) in [6.07, 6.45) is 3.15. The molecule has 2 aromatic heterocycles. The van der Waals surface area contributed by atoms with Gasteiger partial charge in [0, 0.05) is 11.1 Å². The molecule has 7 heteroatoms. The van der Waals surface area contributed by atoms with E-state index in [1.807, 2.05) is 60.7 Å². The van der Waals surface area contributed by atoms with Crippen LogP contribution >= 0.6 is 11.6 Å². The molecule has 2 heterocycles. The van der Waals surface area contributed by atoms with E-state index in [2.05, 4.69) is 30.4 Å². The Balaban J connectivity index is 0.000000258. The van der Waals surface area contributed by atoms with Crippen molar-refractivity contribution in [2.24, 2.45) is 0 Å². The summed E-state index contributed by atoms with van der Waals surface area (Å²) < 4.78 is 0. The van der Waals surface area contributed by atoms with Gasteiger partial charge < -0.3 is 0 Å². The van der Waals surface area contributed by atoms with Crippen molar-refractivity contribution in [3.05, 3.63) is 84.4 Å². The van der Waals surface area contributed by atoms with E-state index >= 15 is 0 Å². The van der Waals surface area contributed by atoms with E-state index in [-0.39, 0.29) is 5.28 Å². The lowest BCUT2D eigenvalue weighted by atomic mass is 10.2. The van der Waals surface area contributed by atoms with E-state index < -0.39 is 0 Å². The third-order valence-corrected chi connectivity index (χ3v) is 3.25. The fourth-order valence-electron chi connectivity index (χ4n) is 1.99. The van der Waals surface area contributed by atoms with Crippen LogP contribution in [0.4, 0.5) is 0 Å². The zero-order valence-corrected chi connectivity index (χ0v) is 13.8. The molecule has 0 spiro atoms. The predicted molar refractivity (Wildman–Crippen MR) is 95.5 cm³/mol. The third kappa shape index (κ3) is 4.86. The number of benzene rings is 2. The Morgan fingerprint density at radius 2 is 1.04 bits per heavy atom. The van der Waals surface area contributed by atoms with Gasteiger partial charge in [0.1, 0.15) is 0 Å². The molecule has 0 aliphatic heterocycles. The Morgan fingerprint density at radius 1 is 0.560 bits per heavy atom. The first-order valence-electron chi connectivity index (χ1n) is 7.44. The normalized spacial score (nSPS) is 9.80. The molecule has 0 bridgehead atoms. The van der Waals surface area contributed by atoms with Crippen LogP contribution in [0.5, 0.6) is 0 Å². The number of hydrogen-bond donors (Lipinski definition) is 0. The first-order valence-corrected chi connectivity index (χ1v) is 7.81. The summed E-state index contributed by atoms with van der Waals surface area (Å²) in [5.41, 5.74) is 1.84. The molecule has 4 rings (SSSR count). The van der Waals surface area contributed by atoms with Gasteiger partial charge in [-0.1, -0.05) is 60.7 Å². The highest BCUT2D eigenvalue weighted by Gasteiger charge is 2.08. The summed E-state index contributed by atoms with van der Waals surface area (Å²) >= 11 is 5.99. The van der Waals surface area contributed by atoms with Crippen molar-refractivity contribution in [2.45, 2.75) is 0 Å². The molecule has 0 atom stereocenters. The molecule has 4 aromatic rings. The second kappa shape index (κ2) is 8.56. The number of hydrogen-bond acceptors (Lipinski definition) is 6. The number of nitrogens with zero attached hydrogens (tertiary/aromatic N) is 6. The van der Waals surface area contributed by atoms with Crippen molar-refractivity contribution in [3.8, 4) is 22.8 Å².